The van der Waals surface area contributed by atoms with E-state index in [1.807, 2.05) is 49.1 Å². The van der Waals surface area contributed by atoms with Crippen molar-refractivity contribution < 1.29 is 9.59 Å². The second-order valence-corrected chi connectivity index (χ2v) is 7.72. The molecule has 0 saturated carbocycles. The summed E-state index contributed by atoms with van der Waals surface area (Å²) in [6.07, 6.45) is 0.938. The second-order valence-electron chi connectivity index (χ2n) is 6.72. The maximum atomic E-state index is 12.9. The van der Waals surface area contributed by atoms with Crippen molar-refractivity contribution >= 4 is 23.2 Å². The molecule has 0 unspecified atom stereocenters. The van der Waals surface area contributed by atoms with Gasteiger partial charge in [0.05, 0.1) is 12.2 Å². The first-order chi connectivity index (χ1) is 13.1. The highest BCUT2D eigenvalue weighted by Gasteiger charge is 2.26. The lowest BCUT2D eigenvalue weighted by Crippen LogP contribution is -2.51. The van der Waals surface area contributed by atoms with Gasteiger partial charge in [0.15, 0.2) is 0 Å². The number of hydrogen-bond acceptors (Lipinski definition) is 5. The molecule has 2 amide bonds. The standard InChI is InChI=1S/C20H26N4O2S/c1-3-9-21-17(25)14-23-10-12-24(13-11-23)20(26)18-15(2)22-19(27-18)16-7-5-4-6-8-16/h4-8H,3,9-14H2,1-2H3,(H,21,25). The van der Waals surface area contributed by atoms with Gasteiger partial charge < -0.3 is 10.2 Å². The molecule has 1 aliphatic heterocycles. The minimum atomic E-state index is 0.0438. The lowest BCUT2D eigenvalue weighted by molar-refractivity contribution is -0.122. The summed E-state index contributed by atoms with van der Waals surface area (Å²) in [6, 6.07) is 9.94. The van der Waals surface area contributed by atoms with Crippen LogP contribution in [0.3, 0.4) is 0 Å². The monoisotopic (exact) mass is 386 g/mol. The Morgan fingerprint density at radius 2 is 1.85 bits per heavy atom. The summed E-state index contributed by atoms with van der Waals surface area (Å²) < 4.78 is 0. The van der Waals surface area contributed by atoms with E-state index in [2.05, 4.69) is 15.2 Å². The number of benzene rings is 1. The Bertz CT molecular complexity index is 783. The molecule has 0 aliphatic carbocycles. The average Bonchev–Trinajstić information content (AvgIpc) is 3.09. The molecule has 1 N–H and O–H groups in total. The Morgan fingerprint density at radius 1 is 1.15 bits per heavy atom. The third kappa shape index (κ3) is 4.93. The van der Waals surface area contributed by atoms with Crippen LogP contribution >= 0.6 is 11.3 Å². The van der Waals surface area contributed by atoms with Crippen LogP contribution in [-0.2, 0) is 4.79 Å². The summed E-state index contributed by atoms with van der Waals surface area (Å²) in [5.74, 6) is 0.102. The van der Waals surface area contributed by atoms with E-state index in [0.717, 1.165) is 22.7 Å². The quantitative estimate of drug-likeness (QED) is 0.828. The Labute approximate surface area is 164 Å². The largest absolute Gasteiger partial charge is 0.355 e. The number of carbonyl (C=O) groups excluding carboxylic acids is 2. The van der Waals surface area contributed by atoms with Crippen LogP contribution in [0.15, 0.2) is 30.3 Å². The van der Waals surface area contributed by atoms with E-state index in [1.165, 1.54) is 11.3 Å². The highest BCUT2D eigenvalue weighted by molar-refractivity contribution is 7.17. The van der Waals surface area contributed by atoms with Crippen molar-refractivity contribution in [2.24, 2.45) is 0 Å². The van der Waals surface area contributed by atoms with Crippen molar-refractivity contribution in [1.29, 1.82) is 0 Å². The molecule has 27 heavy (non-hydrogen) atoms. The van der Waals surface area contributed by atoms with E-state index in [1.54, 1.807) is 0 Å². The molecule has 2 aromatic rings. The summed E-state index contributed by atoms with van der Waals surface area (Å²) in [7, 11) is 0. The average molecular weight is 387 g/mol. The summed E-state index contributed by atoms with van der Waals surface area (Å²) in [6.45, 7) is 7.75. The van der Waals surface area contributed by atoms with E-state index in [0.29, 0.717) is 44.1 Å². The predicted octanol–water partition coefficient (Wildman–Crippen LogP) is 2.40. The number of amides is 2. The van der Waals surface area contributed by atoms with Crippen LogP contribution in [0.4, 0.5) is 0 Å². The van der Waals surface area contributed by atoms with E-state index < -0.39 is 0 Å². The zero-order chi connectivity index (χ0) is 19.2. The molecule has 0 atom stereocenters. The third-order valence-corrected chi connectivity index (χ3v) is 5.80. The number of carbonyl (C=O) groups is 2. The Balaban J connectivity index is 1.58. The van der Waals surface area contributed by atoms with E-state index in [-0.39, 0.29) is 11.8 Å². The van der Waals surface area contributed by atoms with Gasteiger partial charge in [0, 0.05) is 38.3 Å². The van der Waals surface area contributed by atoms with Crippen molar-refractivity contribution in [1.82, 2.24) is 20.1 Å². The fourth-order valence-corrected chi connectivity index (χ4v) is 4.11. The highest BCUT2D eigenvalue weighted by atomic mass is 32.1. The first-order valence-electron chi connectivity index (χ1n) is 9.39. The number of thiazole rings is 1. The van der Waals surface area contributed by atoms with E-state index >= 15 is 0 Å². The number of piperazine rings is 1. The Hall–Kier alpha value is -2.25. The first-order valence-corrected chi connectivity index (χ1v) is 10.2. The summed E-state index contributed by atoms with van der Waals surface area (Å²) in [5, 5.41) is 3.77. The third-order valence-electron chi connectivity index (χ3n) is 4.61. The van der Waals surface area contributed by atoms with Gasteiger partial charge in [-0.1, -0.05) is 37.3 Å². The normalized spacial score (nSPS) is 15.0. The first kappa shape index (κ1) is 19.5. The van der Waals surface area contributed by atoms with E-state index in [9.17, 15) is 9.59 Å². The predicted molar refractivity (Wildman–Crippen MR) is 108 cm³/mol. The zero-order valence-electron chi connectivity index (χ0n) is 15.9. The van der Waals surface area contributed by atoms with Crippen LogP contribution in [0.5, 0.6) is 0 Å². The van der Waals surface area contributed by atoms with Gasteiger partial charge in [0.1, 0.15) is 9.88 Å². The second kappa shape index (κ2) is 9.10. The van der Waals surface area contributed by atoms with Crippen molar-refractivity contribution in [2.45, 2.75) is 20.3 Å². The molecule has 1 aliphatic rings. The maximum Gasteiger partial charge on any atom is 0.265 e. The van der Waals surface area contributed by atoms with Gasteiger partial charge >= 0.3 is 0 Å². The van der Waals surface area contributed by atoms with Gasteiger partial charge in [-0.25, -0.2) is 4.98 Å². The molecule has 1 aromatic heterocycles. The van der Waals surface area contributed by atoms with E-state index in [4.69, 9.17) is 0 Å². The molecule has 6 nitrogen and oxygen atoms in total. The minimum Gasteiger partial charge on any atom is -0.355 e. The number of nitrogens with one attached hydrogen (secondary N) is 1. The summed E-state index contributed by atoms with van der Waals surface area (Å²) in [5.41, 5.74) is 1.82. The highest BCUT2D eigenvalue weighted by Crippen LogP contribution is 2.28. The van der Waals surface area contributed by atoms with Crippen LogP contribution in [0.1, 0.15) is 28.7 Å². The van der Waals surface area contributed by atoms with Crippen molar-refractivity contribution in [2.75, 3.05) is 39.3 Å². The van der Waals surface area contributed by atoms with Gasteiger partial charge in [-0.15, -0.1) is 11.3 Å². The number of rotatable bonds is 6. The SMILES string of the molecule is CCCNC(=O)CN1CCN(C(=O)c2sc(-c3ccccc3)nc2C)CC1. The van der Waals surface area contributed by atoms with Gasteiger partial charge in [0.2, 0.25) is 5.91 Å². The number of aryl methyl sites for hydroxylation is 1. The number of nitrogens with zero attached hydrogens (tertiary/aromatic N) is 3. The smallest absolute Gasteiger partial charge is 0.265 e. The van der Waals surface area contributed by atoms with Crippen LogP contribution in [0.2, 0.25) is 0 Å². The van der Waals surface area contributed by atoms with Crippen molar-refractivity contribution in [3.8, 4) is 10.6 Å². The molecule has 1 saturated heterocycles. The van der Waals surface area contributed by atoms with Crippen molar-refractivity contribution in [3.63, 3.8) is 0 Å². The topological polar surface area (TPSA) is 65.5 Å². The van der Waals surface area contributed by atoms with Crippen molar-refractivity contribution in [3.05, 3.63) is 40.9 Å². The molecule has 0 bridgehead atoms. The van der Waals surface area contributed by atoms with Gasteiger partial charge in [-0.05, 0) is 13.3 Å². The van der Waals surface area contributed by atoms with Gasteiger partial charge in [0.25, 0.3) is 5.91 Å². The summed E-state index contributed by atoms with van der Waals surface area (Å²) in [4.78, 5) is 34.1. The molecule has 1 fully saturated rings. The van der Waals surface area contributed by atoms with Crippen LogP contribution < -0.4 is 5.32 Å². The molecule has 0 radical (unpaired) electrons. The molecule has 3 rings (SSSR count). The molecule has 1 aromatic carbocycles. The molecule has 0 spiro atoms. The molecule has 7 heteroatoms. The molecular formula is C20H26N4O2S. The lowest BCUT2D eigenvalue weighted by atomic mass is 10.2. The minimum absolute atomic E-state index is 0.0438. The van der Waals surface area contributed by atoms with Crippen LogP contribution in [0.25, 0.3) is 10.6 Å². The van der Waals surface area contributed by atoms with Crippen LogP contribution in [0, 0.1) is 6.92 Å². The summed E-state index contributed by atoms with van der Waals surface area (Å²) >= 11 is 1.45. The van der Waals surface area contributed by atoms with Crippen LogP contribution in [-0.4, -0.2) is 65.9 Å². The number of aromatic nitrogens is 1. The van der Waals surface area contributed by atoms with Gasteiger partial charge in [-0.2, -0.15) is 0 Å². The number of hydrogen-bond donors (Lipinski definition) is 1. The maximum absolute atomic E-state index is 12.9. The fourth-order valence-electron chi connectivity index (χ4n) is 3.08. The molecule has 2 heterocycles. The molecule has 144 valence electrons. The fraction of sp³-hybridized carbons (Fsp3) is 0.450. The zero-order valence-corrected chi connectivity index (χ0v) is 16.7. The Morgan fingerprint density at radius 3 is 2.52 bits per heavy atom. The van der Waals surface area contributed by atoms with Gasteiger partial charge in [-0.3, -0.25) is 14.5 Å². The molecular weight excluding hydrogens is 360 g/mol. The Kier molecular flexibility index (Phi) is 6.58. The lowest BCUT2D eigenvalue weighted by Gasteiger charge is -2.34.